The molecule has 0 spiro atoms. The SMILES string of the molecule is Cc1ccc(C(=O)N(CCCCN)[C@H](c2nc3c(Cl)c(C)nn3c(=O)n2Cc2ccccc2)C(C)C)cc1. The van der Waals surface area contributed by atoms with Gasteiger partial charge in [0, 0.05) is 12.1 Å². The Bertz CT molecular complexity index is 1460. The topological polar surface area (TPSA) is 98.5 Å². The summed E-state index contributed by atoms with van der Waals surface area (Å²) < 4.78 is 2.87. The first kappa shape index (κ1) is 27.5. The molecule has 2 aromatic heterocycles. The molecular formula is C29H35ClN6O2. The fourth-order valence-corrected chi connectivity index (χ4v) is 4.86. The van der Waals surface area contributed by atoms with E-state index in [0.717, 1.165) is 24.0 Å². The average Bonchev–Trinajstić information content (AvgIpc) is 3.19. The summed E-state index contributed by atoms with van der Waals surface area (Å²) in [4.78, 5) is 34.6. The molecule has 38 heavy (non-hydrogen) atoms. The van der Waals surface area contributed by atoms with Gasteiger partial charge in [0.15, 0.2) is 5.65 Å². The van der Waals surface area contributed by atoms with Crippen LogP contribution in [0.25, 0.3) is 5.65 Å². The molecule has 0 aliphatic rings. The number of hydrogen-bond donors (Lipinski definition) is 1. The molecule has 0 saturated carbocycles. The first-order valence-electron chi connectivity index (χ1n) is 13.0. The third kappa shape index (κ3) is 5.66. The van der Waals surface area contributed by atoms with Crippen LogP contribution in [0.3, 0.4) is 0 Å². The summed E-state index contributed by atoms with van der Waals surface area (Å²) in [6.45, 7) is 9.11. The van der Waals surface area contributed by atoms with Crippen molar-refractivity contribution in [1.82, 2.24) is 24.1 Å². The maximum absolute atomic E-state index is 14.0. The van der Waals surface area contributed by atoms with Gasteiger partial charge < -0.3 is 10.6 Å². The second kappa shape index (κ2) is 11.9. The normalized spacial score (nSPS) is 12.3. The van der Waals surface area contributed by atoms with Crippen LogP contribution < -0.4 is 11.4 Å². The molecule has 1 amide bonds. The maximum atomic E-state index is 14.0. The van der Waals surface area contributed by atoms with Crippen LogP contribution in [0.15, 0.2) is 59.4 Å². The molecule has 0 aliphatic heterocycles. The maximum Gasteiger partial charge on any atom is 0.352 e. The molecule has 0 unspecified atom stereocenters. The predicted molar refractivity (Wildman–Crippen MR) is 151 cm³/mol. The van der Waals surface area contributed by atoms with Gasteiger partial charge in [-0.1, -0.05) is 73.5 Å². The number of carbonyl (C=O) groups is 1. The first-order valence-corrected chi connectivity index (χ1v) is 13.4. The predicted octanol–water partition coefficient (Wildman–Crippen LogP) is 4.79. The van der Waals surface area contributed by atoms with Crippen molar-refractivity contribution in [2.24, 2.45) is 11.7 Å². The molecule has 4 rings (SSSR count). The van der Waals surface area contributed by atoms with Gasteiger partial charge in [-0.2, -0.15) is 9.61 Å². The van der Waals surface area contributed by atoms with Gasteiger partial charge in [0.2, 0.25) is 0 Å². The lowest BCUT2D eigenvalue weighted by atomic mass is 9.99. The molecule has 0 saturated heterocycles. The minimum absolute atomic E-state index is 0.0542. The minimum Gasteiger partial charge on any atom is -0.330 e. The Labute approximate surface area is 228 Å². The number of unbranched alkanes of at least 4 members (excludes halogenated alkanes) is 1. The number of hydrogen-bond acceptors (Lipinski definition) is 5. The highest BCUT2D eigenvalue weighted by Crippen LogP contribution is 2.31. The number of fused-ring (bicyclic) bond motifs is 1. The molecule has 2 N–H and O–H groups in total. The Morgan fingerprint density at radius 2 is 1.74 bits per heavy atom. The molecule has 8 nitrogen and oxygen atoms in total. The van der Waals surface area contributed by atoms with E-state index in [0.29, 0.717) is 40.8 Å². The number of amides is 1. The fourth-order valence-electron chi connectivity index (χ4n) is 4.70. The van der Waals surface area contributed by atoms with Crippen molar-refractivity contribution in [3.05, 3.63) is 98.3 Å². The summed E-state index contributed by atoms with van der Waals surface area (Å²) in [5.74, 6) is 0.315. The van der Waals surface area contributed by atoms with Crippen molar-refractivity contribution < 1.29 is 4.79 Å². The number of aromatic nitrogens is 4. The molecule has 4 aromatic rings. The van der Waals surface area contributed by atoms with Crippen LogP contribution in [0, 0.1) is 19.8 Å². The number of halogens is 1. The zero-order valence-corrected chi connectivity index (χ0v) is 23.2. The summed E-state index contributed by atoms with van der Waals surface area (Å²) >= 11 is 6.55. The monoisotopic (exact) mass is 534 g/mol. The minimum atomic E-state index is -0.491. The summed E-state index contributed by atoms with van der Waals surface area (Å²) in [7, 11) is 0. The molecule has 9 heteroatoms. The van der Waals surface area contributed by atoms with Crippen molar-refractivity contribution in [2.75, 3.05) is 13.1 Å². The smallest absolute Gasteiger partial charge is 0.330 e. The van der Waals surface area contributed by atoms with Gasteiger partial charge in [0.05, 0.1) is 18.3 Å². The zero-order chi connectivity index (χ0) is 27.4. The van der Waals surface area contributed by atoms with Crippen LogP contribution in [0.5, 0.6) is 0 Å². The second-order valence-corrected chi connectivity index (χ2v) is 10.4. The third-order valence-electron chi connectivity index (χ3n) is 6.70. The number of carbonyl (C=O) groups excluding carboxylic acids is 1. The summed E-state index contributed by atoms with van der Waals surface area (Å²) in [6.07, 6.45) is 1.51. The van der Waals surface area contributed by atoms with Crippen molar-refractivity contribution in [1.29, 1.82) is 0 Å². The van der Waals surface area contributed by atoms with Gasteiger partial charge in [0.25, 0.3) is 5.91 Å². The number of aryl methyl sites for hydroxylation is 2. The van der Waals surface area contributed by atoms with Crippen molar-refractivity contribution in [3.63, 3.8) is 0 Å². The first-order chi connectivity index (χ1) is 18.2. The van der Waals surface area contributed by atoms with Gasteiger partial charge in [-0.05, 0) is 56.8 Å². The van der Waals surface area contributed by atoms with E-state index < -0.39 is 6.04 Å². The van der Waals surface area contributed by atoms with Crippen LogP contribution in [0.4, 0.5) is 0 Å². The fraction of sp³-hybridized carbons (Fsp3) is 0.379. The van der Waals surface area contributed by atoms with Crippen LogP contribution in [-0.2, 0) is 6.54 Å². The molecule has 1 atom stereocenters. The molecule has 0 radical (unpaired) electrons. The van der Waals surface area contributed by atoms with Crippen molar-refractivity contribution in [3.8, 4) is 0 Å². The number of nitrogens with two attached hydrogens (primary N) is 1. The molecule has 0 aliphatic carbocycles. The lowest BCUT2D eigenvalue weighted by Gasteiger charge is -2.35. The highest BCUT2D eigenvalue weighted by atomic mass is 35.5. The molecule has 0 fully saturated rings. The molecule has 2 aromatic carbocycles. The van der Waals surface area contributed by atoms with Crippen LogP contribution in [0.1, 0.15) is 65.7 Å². The number of rotatable bonds is 10. The van der Waals surface area contributed by atoms with Gasteiger partial charge in [0.1, 0.15) is 10.8 Å². The highest BCUT2D eigenvalue weighted by molar-refractivity contribution is 6.34. The lowest BCUT2D eigenvalue weighted by molar-refractivity contribution is 0.0599. The molecule has 200 valence electrons. The van der Waals surface area contributed by atoms with E-state index in [1.165, 1.54) is 4.52 Å². The number of benzene rings is 2. The Morgan fingerprint density at radius 1 is 1.05 bits per heavy atom. The molecule has 0 bridgehead atoms. The van der Waals surface area contributed by atoms with Crippen LogP contribution >= 0.6 is 11.6 Å². The van der Waals surface area contributed by atoms with E-state index >= 15 is 0 Å². The van der Waals surface area contributed by atoms with E-state index in [1.54, 1.807) is 11.5 Å². The Balaban J connectivity index is 1.93. The lowest BCUT2D eigenvalue weighted by Crippen LogP contribution is -2.43. The summed E-state index contributed by atoms with van der Waals surface area (Å²) in [6, 6.07) is 16.8. The Hall–Kier alpha value is -3.49. The Morgan fingerprint density at radius 3 is 2.37 bits per heavy atom. The summed E-state index contributed by atoms with van der Waals surface area (Å²) in [5.41, 5.74) is 8.87. The van der Waals surface area contributed by atoms with E-state index in [2.05, 4.69) is 5.10 Å². The van der Waals surface area contributed by atoms with Gasteiger partial charge in [-0.25, -0.2) is 9.78 Å². The summed E-state index contributed by atoms with van der Waals surface area (Å²) in [5, 5.41) is 4.68. The third-order valence-corrected chi connectivity index (χ3v) is 7.14. The second-order valence-electron chi connectivity index (χ2n) is 10.0. The van der Waals surface area contributed by atoms with E-state index in [-0.39, 0.29) is 24.1 Å². The van der Waals surface area contributed by atoms with E-state index in [4.69, 9.17) is 22.3 Å². The highest BCUT2D eigenvalue weighted by Gasteiger charge is 2.33. The largest absolute Gasteiger partial charge is 0.352 e. The zero-order valence-electron chi connectivity index (χ0n) is 22.4. The molecular weight excluding hydrogens is 500 g/mol. The number of nitrogens with zero attached hydrogens (tertiary/aromatic N) is 5. The standard InChI is InChI=1S/C29H35ClN6O2/c1-19(2)25(34(17-9-8-16-31)28(37)23-14-12-20(3)13-15-23)27-32-26-24(30)21(4)33-36(26)29(38)35(27)18-22-10-6-5-7-11-22/h5-7,10-15,19,25H,8-9,16-18,31H2,1-4H3/t25-/m0/s1. The van der Waals surface area contributed by atoms with E-state index in [1.807, 2.05) is 80.3 Å². The van der Waals surface area contributed by atoms with Gasteiger partial charge >= 0.3 is 5.69 Å². The van der Waals surface area contributed by atoms with Crippen molar-refractivity contribution >= 4 is 23.2 Å². The van der Waals surface area contributed by atoms with Crippen LogP contribution in [0.2, 0.25) is 5.02 Å². The van der Waals surface area contributed by atoms with Gasteiger partial charge in [-0.15, -0.1) is 0 Å². The van der Waals surface area contributed by atoms with E-state index in [9.17, 15) is 9.59 Å². The Kier molecular flexibility index (Phi) is 8.64. The molecule has 2 heterocycles. The van der Waals surface area contributed by atoms with Gasteiger partial charge in [-0.3, -0.25) is 9.36 Å². The van der Waals surface area contributed by atoms with Crippen molar-refractivity contribution in [2.45, 2.75) is 53.1 Å². The van der Waals surface area contributed by atoms with Crippen LogP contribution in [-0.4, -0.2) is 43.1 Å². The average molecular weight is 535 g/mol. The quantitative estimate of drug-likeness (QED) is 0.295.